The molecule has 1 saturated carbocycles. The fraction of sp³-hybridized carbons (Fsp3) is 0.533. The molecule has 1 atom stereocenters. The molecule has 0 heterocycles. The molecule has 1 aromatic carbocycles. The summed E-state index contributed by atoms with van der Waals surface area (Å²) in [6.45, 7) is 2.30. The number of carbonyl (C=O) groups is 1. The maximum Gasteiger partial charge on any atom is 0.406 e. The van der Waals surface area contributed by atoms with Crippen molar-refractivity contribution in [3.63, 3.8) is 0 Å². The molecule has 21 heavy (non-hydrogen) atoms. The first-order valence-corrected chi connectivity index (χ1v) is 7.62. The second kappa shape index (κ2) is 5.99. The van der Waals surface area contributed by atoms with Gasteiger partial charge in [-0.3, -0.25) is 4.79 Å². The smallest absolute Gasteiger partial charge is 0.327 e. The van der Waals surface area contributed by atoms with Crippen molar-refractivity contribution in [2.45, 2.75) is 38.9 Å². The van der Waals surface area contributed by atoms with Crippen LogP contribution in [0.5, 0.6) is 0 Å². The predicted octanol–water partition coefficient (Wildman–Crippen LogP) is 4.56. The van der Waals surface area contributed by atoms with Crippen LogP contribution in [0.2, 0.25) is 0 Å². The lowest BCUT2D eigenvalue weighted by Gasteiger charge is -2.30. The molecule has 1 amide bonds. The molecule has 6 heteroatoms. The average molecular weight is 364 g/mol. The highest BCUT2D eigenvalue weighted by molar-refractivity contribution is 9.10. The zero-order chi connectivity index (χ0) is 15.8. The predicted molar refractivity (Wildman–Crippen MR) is 78.2 cm³/mol. The first kappa shape index (κ1) is 16.3. The molecule has 0 N–H and O–H groups in total. The number of rotatable bonds is 4. The van der Waals surface area contributed by atoms with Gasteiger partial charge in [-0.1, -0.05) is 11.6 Å². The molecule has 1 aliphatic carbocycles. The zero-order valence-electron chi connectivity index (χ0n) is 11.9. The molecular formula is C15H17BrF3NO. The molecule has 2 rings (SSSR count). The van der Waals surface area contributed by atoms with Crippen molar-refractivity contribution in [3.8, 4) is 0 Å². The Morgan fingerprint density at radius 2 is 2.05 bits per heavy atom. The van der Waals surface area contributed by atoms with Crippen molar-refractivity contribution in [1.82, 2.24) is 4.90 Å². The van der Waals surface area contributed by atoms with E-state index >= 15 is 0 Å². The van der Waals surface area contributed by atoms with Crippen LogP contribution in [0.25, 0.3) is 0 Å². The maximum atomic E-state index is 12.8. The topological polar surface area (TPSA) is 20.3 Å². The maximum absolute atomic E-state index is 12.8. The molecule has 1 aromatic rings. The van der Waals surface area contributed by atoms with Gasteiger partial charge < -0.3 is 4.90 Å². The summed E-state index contributed by atoms with van der Waals surface area (Å²) in [5.74, 6) is -0.387. The Morgan fingerprint density at radius 1 is 1.43 bits per heavy atom. The first-order chi connectivity index (χ1) is 9.69. The minimum atomic E-state index is -4.39. The molecule has 0 aliphatic heterocycles. The molecule has 116 valence electrons. The second-order valence-electron chi connectivity index (χ2n) is 5.61. The van der Waals surface area contributed by atoms with E-state index in [-0.39, 0.29) is 11.5 Å². The van der Waals surface area contributed by atoms with Crippen LogP contribution in [0.15, 0.2) is 22.7 Å². The summed E-state index contributed by atoms with van der Waals surface area (Å²) in [6.07, 6.45) is -2.62. The summed E-state index contributed by atoms with van der Waals surface area (Å²) in [5, 5.41) is 0. The van der Waals surface area contributed by atoms with Crippen LogP contribution in [0, 0.1) is 12.8 Å². The number of nitrogens with zero attached hydrogens (tertiary/aromatic N) is 1. The Hall–Kier alpha value is -1.04. The van der Waals surface area contributed by atoms with E-state index in [0.717, 1.165) is 23.3 Å². The third-order valence-electron chi connectivity index (χ3n) is 3.76. The number of halogens is 4. The first-order valence-electron chi connectivity index (χ1n) is 6.83. The average Bonchev–Trinajstić information content (AvgIpc) is 3.20. The minimum absolute atomic E-state index is 0.180. The van der Waals surface area contributed by atoms with E-state index in [9.17, 15) is 18.0 Å². The van der Waals surface area contributed by atoms with Gasteiger partial charge in [0.05, 0.1) is 5.56 Å². The van der Waals surface area contributed by atoms with Crippen molar-refractivity contribution in [2.75, 3.05) is 6.54 Å². The van der Waals surface area contributed by atoms with E-state index in [0.29, 0.717) is 4.47 Å². The number of hydrogen-bond acceptors (Lipinski definition) is 1. The van der Waals surface area contributed by atoms with Crippen molar-refractivity contribution >= 4 is 21.8 Å². The van der Waals surface area contributed by atoms with Crippen molar-refractivity contribution in [1.29, 1.82) is 0 Å². The van der Waals surface area contributed by atoms with Gasteiger partial charge in [0.2, 0.25) is 0 Å². The summed E-state index contributed by atoms with van der Waals surface area (Å²) in [5.41, 5.74) is 1.12. The van der Waals surface area contributed by atoms with Gasteiger partial charge in [-0.25, -0.2) is 0 Å². The number of aryl methyl sites for hydroxylation is 1. The fourth-order valence-corrected chi connectivity index (χ4v) is 2.80. The van der Waals surface area contributed by atoms with E-state index in [1.54, 1.807) is 25.1 Å². The Balaban J connectivity index is 2.30. The monoisotopic (exact) mass is 363 g/mol. The summed E-state index contributed by atoms with van der Waals surface area (Å²) >= 11 is 3.25. The summed E-state index contributed by atoms with van der Waals surface area (Å²) in [4.78, 5) is 13.5. The van der Waals surface area contributed by atoms with E-state index < -0.39 is 24.7 Å². The van der Waals surface area contributed by atoms with Crippen LogP contribution in [0.3, 0.4) is 0 Å². The van der Waals surface area contributed by atoms with E-state index in [1.165, 1.54) is 0 Å². The summed E-state index contributed by atoms with van der Waals surface area (Å²) < 4.78 is 38.9. The molecule has 0 radical (unpaired) electrons. The van der Waals surface area contributed by atoms with Gasteiger partial charge in [0.25, 0.3) is 5.91 Å². The normalized spacial score (nSPS) is 16.7. The van der Waals surface area contributed by atoms with Crippen LogP contribution in [0.1, 0.15) is 35.7 Å². The van der Waals surface area contributed by atoms with Gasteiger partial charge in [-0.05, 0) is 60.7 Å². The lowest BCUT2D eigenvalue weighted by molar-refractivity contribution is -0.144. The number of hydrogen-bond donors (Lipinski definition) is 0. The Labute approximate surface area is 130 Å². The third-order valence-corrected chi connectivity index (χ3v) is 4.45. The third kappa shape index (κ3) is 4.22. The molecular weight excluding hydrogens is 347 g/mol. The van der Waals surface area contributed by atoms with Gasteiger partial charge in [-0.2, -0.15) is 13.2 Å². The number of benzene rings is 1. The van der Waals surface area contributed by atoms with Crippen LogP contribution >= 0.6 is 15.9 Å². The fourth-order valence-electron chi connectivity index (χ4n) is 2.38. The summed E-state index contributed by atoms with van der Waals surface area (Å²) in [7, 11) is 0. The molecule has 0 aromatic heterocycles. The number of amides is 1. The lowest BCUT2D eigenvalue weighted by Crippen LogP contribution is -2.45. The second-order valence-corrected chi connectivity index (χ2v) is 6.46. The minimum Gasteiger partial charge on any atom is -0.327 e. The molecule has 1 aliphatic rings. The highest BCUT2D eigenvalue weighted by Gasteiger charge is 2.41. The van der Waals surface area contributed by atoms with Crippen molar-refractivity contribution in [3.05, 3.63) is 33.8 Å². The largest absolute Gasteiger partial charge is 0.406 e. The van der Waals surface area contributed by atoms with Crippen molar-refractivity contribution < 1.29 is 18.0 Å². The Kier molecular flexibility index (Phi) is 4.66. The molecule has 0 spiro atoms. The zero-order valence-corrected chi connectivity index (χ0v) is 13.5. The van der Waals surface area contributed by atoms with Gasteiger partial charge >= 0.3 is 6.18 Å². The molecule has 2 nitrogen and oxygen atoms in total. The van der Waals surface area contributed by atoms with Crippen LogP contribution in [0.4, 0.5) is 13.2 Å². The van der Waals surface area contributed by atoms with Crippen LogP contribution in [-0.4, -0.2) is 29.6 Å². The molecule has 0 saturated heterocycles. The van der Waals surface area contributed by atoms with Crippen molar-refractivity contribution in [2.24, 2.45) is 5.92 Å². The van der Waals surface area contributed by atoms with Gasteiger partial charge in [0.15, 0.2) is 0 Å². The van der Waals surface area contributed by atoms with E-state index in [2.05, 4.69) is 15.9 Å². The molecule has 1 unspecified atom stereocenters. The van der Waals surface area contributed by atoms with Crippen LogP contribution < -0.4 is 0 Å². The van der Waals surface area contributed by atoms with Gasteiger partial charge in [0.1, 0.15) is 6.54 Å². The highest BCUT2D eigenvalue weighted by Crippen LogP contribution is 2.37. The SMILES string of the molecule is Cc1ccc(Br)c(C(=O)N(CC(F)(F)F)C(C)C2CC2)c1. The van der Waals surface area contributed by atoms with Gasteiger partial charge in [-0.15, -0.1) is 0 Å². The molecule has 1 fully saturated rings. The summed E-state index contributed by atoms with van der Waals surface area (Å²) in [6, 6.07) is 4.72. The number of carbonyl (C=O) groups excluding carboxylic acids is 1. The molecule has 0 bridgehead atoms. The Morgan fingerprint density at radius 3 is 2.57 bits per heavy atom. The Bertz CT molecular complexity index is 540. The van der Waals surface area contributed by atoms with Gasteiger partial charge in [0, 0.05) is 10.5 Å². The highest BCUT2D eigenvalue weighted by atomic mass is 79.9. The lowest BCUT2D eigenvalue weighted by atomic mass is 10.1. The van der Waals surface area contributed by atoms with Crippen LogP contribution in [-0.2, 0) is 0 Å². The van der Waals surface area contributed by atoms with E-state index in [4.69, 9.17) is 0 Å². The number of alkyl halides is 3. The van der Waals surface area contributed by atoms with E-state index in [1.807, 2.05) is 6.92 Å². The quantitative estimate of drug-likeness (QED) is 0.767. The standard InChI is InChI=1S/C15H17BrF3NO/c1-9-3-6-13(16)12(7-9)14(21)20(8-15(17,18)19)10(2)11-4-5-11/h3,6-7,10-11H,4-5,8H2,1-2H3.